The number of carbonyl (C=O) groups is 1. The van der Waals surface area contributed by atoms with E-state index in [9.17, 15) is 13.2 Å². The summed E-state index contributed by atoms with van der Waals surface area (Å²) in [5.41, 5.74) is 1.35. The van der Waals surface area contributed by atoms with Crippen molar-refractivity contribution in [2.75, 3.05) is 10.6 Å². The highest BCUT2D eigenvalue weighted by Crippen LogP contribution is 2.24. The molecule has 0 aliphatic carbocycles. The average Bonchev–Trinajstić information content (AvgIpc) is 3.34. The minimum absolute atomic E-state index is 0.0130. The van der Waals surface area contributed by atoms with Gasteiger partial charge in [-0.1, -0.05) is 30.3 Å². The number of hydrogen-bond donors (Lipinski definition) is 1. The molecule has 0 saturated carbocycles. The van der Waals surface area contributed by atoms with Crippen molar-refractivity contribution in [3.05, 3.63) is 53.2 Å². The molecular formula is C19H22N4O4S2. The summed E-state index contributed by atoms with van der Waals surface area (Å²) < 4.78 is 31.3. The number of benzene rings is 1. The van der Waals surface area contributed by atoms with Crippen LogP contribution in [0.5, 0.6) is 0 Å². The highest BCUT2D eigenvalue weighted by atomic mass is 32.2. The SMILES string of the molecule is CCC(C(=O)NCc1nc(-c2cccs2)no1)N(c1cccc(C)c1)S(C)(=O)=O. The van der Waals surface area contributed by atoms with E-state index in [1.165, 1.54) is 11.3 Å². The van der Waals surface area contributed by atoms with Crippen LogP contribution in [-0.4, -0.2) is 36.8 Å². The zero-order valence-electron chi connectivity index (χ0n) is 16.3. The fourth-order valence-electron chi connectivity index (χ4n) is 2.94. The lowest BCUT2D eigenvalue weighted by molar-refractivity contribution is -0.122. The maximum atomic E-state index is 12.8. The third-order valence-electron chi connectivity index (χ3n) is 4.21. The number of nitrogens with one attached hydrogen (secondary N) is 1. The first-order valence-corrected chi connectivity index (χ1v) is 11.7. The van der Waals surface area contributed by atoms with Gasteiger partial charge in [-0.15, -0.1) is 11.3 Å². The van der Waals surface area contributed by atoms with Crippen molar-refractivity contribution in [2.24, 2.45) is 0 Å². The van der Waals surface area contributed by atoms with Crippen LogP contribution < -0.4 is 9.62 Å². The molecule has 1 aromatic carbocycles. The number of aryl methyl sites for hydroxylation is 1. The number of nitrogens with zero attached hydrogens (tertiary/aromatic N) is 3. The lowest BCUT2D eigenvalue weighted by atomic mass is 10.1. The van der Waals surface area contributed by atoms with Crippen LogP contribution in [0.3, 0.4) is 0 Å². The third kappa shape index (κ3) is 5.01. The van der Waals surface area contributed by atoms with Crippen molar-refractivity contribution in [1.82, 2.24) is 15.5 Å². The lowest BCUT2D eigenvalue weighted by Gasteiger charge is -2.30. The number of rotatable bonds is 8. The Kier molecular flexibility index (Phi) is 6.33. The van der Waals surface area contributed by atoms with Gasteiger partial charge in [-0.05, 0) is 42.5 Å². The molecule has 0 radical (unpaired) electrons. The molecule has 1 atom stereocenters. The molecule has 2 aromatic heterocycles. The van der Waals surface area contributed by atoms with E-state index >= 15 is 0 Å². The smallest absolute Gasteiger partial charge is 0.246 e. The maximum Gasteiger partial charge on any atom is 0.246 e. The average molecular weight is 435 g/mol. The normalized spacial score (nSPS) is 12.5. The Hall–Kier alpha value is -2.72. The summed E-state index contributed by atoms with van der Waals surface area (Å²) in [4.78, 5) is 17.9. The molecule has 1 N–H and O–H groups in total. The number of sulfonamides is 1. The van der Waals surface area contributed by atoms with E-state index in [-0.39, 0.29) is 12.4 Å². The van der Waals surface area contributed by atoms with Crippen molar-refractivity contribution in [2.45, 2.75) is 32.9 Å². The predicted molar refractivity (Wildman–Crippen MR) is 112 cm³/mol. The van der Waals surface area contributed by atoms with E-state index in [0.717, 1.165) is 21.0 Å². The van der Waals surface area contributed by atoms with Gasteiger partial charge in [0, 0.05) is 0 Å². The van der Waals surface area contributed by atoms with Gasteiger partial charge in [-0.3, -0.25) is 9.10 Å². The number of hydrogen-bond acceptors (Lipinski definition) is 7. The number of anilines is 1. The molecule has 2 heterocycles. The Morgan fingerprint density at radius 2 is 2.10 bits per heavy atom. The zero-order valence-corrected chi connectivity index (χ0v) is 18.0. The van der Waals surface area contributed by atoms with Gasteiger partial charge in [0.05, 0.1) is 23.4 Å². The molecule has 1 unspecified atom stereocenters. The first kappa shape index (κ1) is 21.0. The standard InChI is InChI=1S/C19H22N4O4S2/c1-4-15(23(29(3,25)26)14-8-5-7-13(2)11-14)19(24)20-12-17-21-18(22-27-17)16-9-6-10-28-16/h5-11,15H,4,12H2,1-3H3,(H,20,24). The molecule has 0 fully saturated rings. The van der Waals surface area contributed by atoms with Crippen LogP contribution in [0.1, 0.15) is 24.8 Å². The van der Waals surface area contributed by atoms with Crippen LogP contribution in [0.15, 0.2) is 46.3 Å². The van der Waals surface area contributed by atoms with E-state index in [2.05, 4.69) is 15.5 Å². The summed E-state index contributed by atoms with van der Waals surface area (Å²) >= 11 is 1.48. The molecular weight excluding hydrogens is 412 g/mol. The van der Waals surface area contributed by atoms with E-state index in [0.29, 0.717) is 17.9 Å². The monoisotopic (exact) mass is 434 g/mol. The molecule has 8 nitrogen and oxygen atoms in total. The summed E-state index contributed by atoms with van der Waals surface area (Å²) in [5, 5.41) is 8.51. The van der Waals surface area contributed by atoms with Crippen molar-refractivity contribution < 1.29 is 17.7 Å². The minimum atomic E-state index is -3.68. The van der Waals surface area contributed by atoms with Gasteiger partial charge >= 0.3 is 0 Å². The Labute approximate surface area is 173 Å². The van der Waals surface area contributed by atoms with Crippen LogP contribution in [0, 0.1) is 6.92 Å². The molecule has 0 bridgehead atoms. The van der Waals surface area contributed by atoms with Crippen molar-refractivity contribution in [1.29, 1.82) is 0 Å². The maximum absolute atomic E-state index is 12.8. The fourth-order valence-corrected chi connectivity index (χ4v) is 4.79. The van der Waals surface area contributed by atoms with E-state index in [4.69, 9.17) is 4.52 Å². The molecule has 0 spiro atoms. The second kappa shape index (κ2) is 8.75. The summed E-state index contributed by atoms with van der Waals surface area (Å²) in [6.07, 6.45) is 1.40. The number of carbonyl (C=O) groups excluding carboxylic acids is 1. The molecule has 0 aliphatic rings. The number of amides is 1. The largest absolute Gasteiger partial charge is 0.345 e. The quantitative estimate of drug-likeness (QED) is 0.584. The number of aromatic nitrogens is 2. The molecule has 29 heavy (non-hydrogen) atoms. The molecule has 1 amide bonds. The summed E-state index contributed by atoms with van der Waals surface area (Å²) in [7, 11) is -3.68. The molecule has 0 saturated heterocycles. The van der Waals surface area contributed by atoms with Crippen molar-refractivity contribution >= 4 is 33.0 Å². The van der Waals surface area contributed by atoms with Crippen LogP contribution in [0.4, 0.5) is 5.69 Å². The highest BCUT2D eigenvalue weighted by molar-refractivity contribution is 7.92. The van der Waals surface area contributed by atoms with E-state index in [1.54, 1.807) is 25.1 Å². The van der Waals surface area contributed by atoms with Gasteiger partial charge in [0.15, 0.2) is 0 Å². The Balaban J connectivity index is 1.76. The summed E-state index contributed by atoms with van der Waals surface area (Å²) in [5.74, 6) is 0.266. The van der Waals surface area contributed by atoms with Gasteiger partial charge in [0.25, 0.3) is 0 Å². The minimum Gasteiger partial charge on any atom is -0.345 e. The fraction of sp³-hybridized carbons (Fsp3) is 0.316. The van der Waals surface area contributed by atoms with Gasteiger partial charge in [-0.25, -0.2) is 8.42 Å². The molecule has 10 heteroatoms. The van der Waals surface area contributed by atoms with E-state index in [1.807, 2.05) is 30.5 Å². The van der Waals surface area contributed by atoms with Crippen molar-refractivity contribution in [3.8, 4) is 10.7 Å². The van der Waals surface area contributed by atoms with Crippen LogP contribution in [0.25, 0.3) is 10.7 Å². The van der Waals surface area contributed by atoms with Crippen LogP contribution >= 0.6 is 11.3 Å². The van der Waals surface area contributed by atoms with Crippen LogP contribution in [0.2, 0.25) is 0 Å². The molecule has 3 rings (SSSR count). The molecule has 3 aromatic rings. The third-order valence-corrected chi connectivity index (χ3v) is 6.26. The first-order chi connectivity index (χ1) is 13.8. The Morgan fingerprint density at radius 1 is 1.31 bits per heavy atom. The molecule has 0 aliphatic heterocycles. The van der Waals surface area contributed by atoms with Crippen molar-refractivity contribution in [3.63, 3.8) is 0 Å². The topological polar surface area (TPSA) is 105 Å². The van der Waals surface area contributed by atoms with E-state index < -0.39 is 22.0 Å². The van der Waals surface area contributed by atoms with Gasteiger partial charge in [-0.2, -0.15) is 4.98 Å². The second-order valence-corrected chi connectivity index (χ2v) is 9.34. The Bertz CT molecular complexity index is 1080. The van der Waals surface area contributed by atoms with Gasteiger partial charge < -0.3 is 9.84 Å². The Morgan fingerprint density at radius 3 is 2.72 bits per heavy atom. The highest BCUT2D eigenvalue weighted by Gasteiger charge is 2.31. The predicted octanol–water partition coefficient (Wildman–Crippen LogP) is 2.97. The summed E-state index contributed by atoms with van der Waals surface area (Å²) in [6, 6.07) is 9.90. The van der Waals surface area contributed by atoms with Gasteiger partial charge in [0.2, 0.25) is 27.6 Å². The van der Waals surface area contributed by atoms with Gasteiger partial charge in [0.1, 0.15) is 6.04 Å². The molecule has 154 valence electrons. The lowest BCUT2D eigenvalue weighted by Crippen LogP contribution is -2.49. The summed E-state index contributed by atoms with van der Waals surface area (Å²) in [6.45, 7) is 3.64. The first-order valence-electron chi connectivity index (χ1n) is 9.00. The number of thiophene rings is 1. The zero-order chi connectivity index (χ0) is 21.0. The second-order valence-electron chi connectivity index (χ2n) is 6.53. The van der Waals surface area contributed by atoms with Crippen LogP contribution in [-0.2, 0) is 21.4 Å².